The molecule has 0 fully saturated rings. The highest BCUT2D eigenvalue weighted by molar-refractivity contribution is 7.92. The van der Waals surface area contributed by atoms with E-state index in [1.165, 1.54) is 17.0 Å². The van der Waals surface area contributed by atoms with E-state index in [1.807, 2.05) is 37.3 Å². The molecule has 0 aliphatic rings. The minimum atomic E-state index is -3.97. The molecule has 3 rings (SSSR count). The molecule has 3 aromatic rings. The van der Waals surface area contributed by atoms with Crippen molar-refractivity contribution in [1.29, 1.82) is 0 Å². The van der Waals surface area contributed by atoms with Crippen molar-refractivity contribution >= 4 is 62.3 Å². The Morgan fingerprint density at radius 1 is 0.897 bits per heavy atom. The number of sulfonamides is 1. The Hall–Kier alpha value is -2.78. The number of rotatable bonds is 12. The normalized spacial score (nSPS) is 12.0. The Balaban J connectivity index is 2.08. The second-order valence-corrected chi connectivity index (χ2v) is 12.1. The molecule has 3 aromatic carbocycles. The summed E-state index contributed by atoms with van der Waals surface area (Å²) in [4.78, 5) is 28.9. The van der Waals surface area contributed by atoms with Crippen LogP contribution in [0, 0.1) is 0 Å². The van der Waals surface area contributed by atoms with E-state index in [1.54, 1.807) is 30.3 Å². The van der Waals surface area contributed by atoms with Crippen molar-refractivity contribution in [3.63, 3.8) is 0 Å². The molecule has 208 valence electrons. The number of hydrogen-bond donors (Lipinski definition) is 1. The van der Waals surface area contributed by atoms with Gasteiger partial charge in [0, 0.05) is 24.5 Å². The quantitative estimate of drug-likeness (QED) is 0.290. The summed E-state index contributed by atoms with van der Waals surface area (Å²) >= 11 is 18.9. The zero-order valence-corrected chi connectivity index (χ0v) is 24.7. The highest BCUT2D eigenvalue weighted by Crippen LogP contribution is 2.34. The number of benzene rings is 3. The summed E-state index contributed by atoms with van der Waals surface area (Å²) in [7, 11) is -3.97. The average Bonchev–Trinajstić information content (AvgIpc) is 2.90. The Morgan fingerprint density at radius 2 is 1.54 bits per heavy atom. The highest BCUT2D eigenvalue weighted by Gasteiger charge is 2.33. The lowest BCUT2D eigenvalue weighted by molar-refractivity contribution is -0.140. The Bertz CT molecular complexity index is 1400. The molecule has 0 saturated heterocycles. The van der Waals surface area contributed by atoms with Crippen LogP contribution < -0.4 is 9.62 Å². The fourth-order valence-corrected chi connectivity index (χ4v) is 5.51. The molecular formula is C28H30Cl3N3O4S. The topological polar surface area (TPSA) is 86.8 Å². The van der Waals surface area contributed by atoms with E-state index in [9.17, 15) is 18.0 Å². The lowest BCUT2D eigenvalue weighted by Crippen LogP contribution is -2.53. The largest absolute Gasteiger partial charge is 0.354 e. The molecule has 0 bridgehead atoms. The monoisotopic (exact) mass is 609 g/mol. The van der Waals surface area contributed by atoms with Crippen molar-refractivity contribution in [3.05, 3.63) is 99.0 Å². The van der Waals surface area contributed by atoms with Gasteiger partial charge in [0.15, 0.2) is 0 Å². The average molecular weight is 611 g/mol. The number of nitrogens with zero attached hydrogens (tertiary/aromatic N) is 2. The van der Waals surface area contributed by atoms with Crippen molar-refractivity contribution < 1.29 is 18.0 Å². The van der Waals surface area contributed by atoms with Gasteiger partial charge in [-0.15, -0.1) is 0 Å². The zero-order valence-electron chi connectivity index (χ0n) is 21.6. The highest BCUT2D eigenvalue weighted by atomic mass is 35.5. The van der Waals surface area contributed by atoms with Gasteiger partial charge in [0.1, 0.15) is 12.6 Å². The van der Waals surface area contributed by atoms with Crippen LogP contribution in [0.1, 0.15) is 24.5 Å². The van der Waals surface area contributed by atoms with E-state index in [0.29, 0.717) is 23.6 Å². The first-order chi connectivity index (χ1) is 18.5. The standard InChI is InChI=1S/C28H30Cl3N3O4S/c1-3-16-32-28(36)25(17-20-10-5-4-6-11-20)33(18-21-12-7-8-13-22(21)29)26(35)19-34(39(2,37)38)24-15-9-14-23(30)27(24)31/h4-15,25H,3,16-19H2,1-2H3,(H,32,36)/t25-/m1/s1. The Morgan fingerprint density at radius 3 is 2.18 bits per heavy atom. The van der Waals surface area contributed by atoms with E-state index in [4.69, 9.17) is 34.8 Å². The van der Waals surface area contributed by atoms with Crippen LogP contribution in [-0.4, -0.2) is 50.5 Å². The smallest absolute Gasteiger partial charge is 0.244 e. The third-order valence-electron chi connectivity index (χ3n) is 6.00. The lowest BCUT2D eigenvalue weighted by Gasteiger charge is -2.34. The molecule has 1 atom stereocenters. The van der Waals surface area contributed by atoms with Gasteiger partial charge in [-0.3, -0.25) is 13.9 Å². The van der Waals surface area contributed by atoms with Crippen molar-refractivity contribution in [2.45, 2.75) is 32.4 Å². The van der Waals surface area contributed by atoms with E-state index in [2.05, 4.69) is 5.32 Å². The van der Waals surface area contributed by atoms with E-state index in [-0.39, 0.29) is 34.6 Å². The first kappa shape index (κ1) is 30.8. The fraction of sp³-hybridized carbons (Fsp3) is 0.286. The van der Waals surface area contributed by atoms with Crippen LogP contribution in [0.2, 0.25) is 15.1 Å². The van der Waals surface area contributed by atoms with Crippen LogP contribution >= 0.6 is 34.8 Å². The maximum Gasteiger partial charge on any atom is 0.244 e. The fourth-order valence-electron chi connectivity index (χ4n) is 4.01. The number of hydrogen-bond acceptors (Lipinski definition) is 4. The molecule has 0 aromatic heterocycles. The van der Waals surface area contributed by atoms with Gasteiger partial charge >= 0.3 is 0 Å². The first-order valence-corrected chi connectivity index (χ1v) is 15.3. The van der Waals surface area contributed by atoms with Crippen molar-refractivity contribution in [2.24, 2.45) is 0 Å². The number of anilines is 1. The van der Waals surface area contributed by atoms with E-state index in [0.717, 1.165) is 16.1 Å². The molecule has 1 N–H and O–H groups in total. The predicted octanol–water partition coefficient (Wildman–Crippen LogP) is 5.58. The van der Waals surface area contributed by atoms with Gasteiger partial charge in [-0.25, -0.2) is 8.42 Å². The summed E-state index contributed by atoms with van der Waals surface area (Å²) in [5, 5.41) is 3.44. The summed E-state index contributed by atoms with van der Waals surface area (Å²) in [5.41, 5.74) is 1.51. The Kier molecular flexibility index (Phi) is 11.1. The SMILES string of the molecule is CCCNC(=O)[C@@H](Cc1ccccc1)N(Cc1ccccc1Cl)C(=O)CN(c1cccc(Cl)c1Cl)S(C)(=O)=O. The number of carbonyl (C=O) groups is 2. The molecule has 0 unspecified atom stereocenters. The number of nitrogens with one attached hydrogen (secondary N) is 1. The second kappa shape index (κ2) is 14.0. The summed E-state index contributed by atoms with van der Waals surface area (Å²) in [6.45, 7) is 1.73. The molecular weight excluding hydrogens is 581 g/mol. The molecule has 0 radical (unpaired) electrons. The summed E-state index contributed by atoms with van der Waals surface area (Å²) < 4.78 is 26.6. The molecule has 0 heterocycles. The van der Waals surface area contributed by atoms with Gasteiger partial charge in [-0.2, -0.15) is 0 Å². The van der Waals surface area contributed by atoms with E-state index >= 15 is 0 Å². The Labute approximate surface area is 244 Å². The maximum atomic E-state index is 14.0. The van der Waals surface area contributed by atoms with Gasteiger partial charge in [0.25, 0.3) is 0 Å². The molecule has 2 amide bonds. The molecule has 0 aliphatic heterocycles. The third-order valence-corrected chi connectivity index (χ3v) is 8.30. The summed E-state index contributed by atoms with van der Waals surface area (Å²) in [6, 6.07) is 19.9. The predicted molar refractivity (Wildman–Crippen MR) is 158 cm³/mol. The van der Waals surface area contributed by atoms with Crippen molar-refractivity contribution in [1.82, 2.24) is 10.2 Å². The van der Waals surface area contributed by atoms with Crippen LogP contribution in [0.15, 0.2) is 72.8 Å². The maximum absolute atomic E-state index is 14.0. The van der Waals surface area contributed by atoms with Gasteiger partial charge in [0.2, 0.25) is 21.8 Å². The first-order valence-electron chi connectivity index (χ1n) is 12.3. The van der Waals surface area contributed by atoms with Crippen molar-refractivity contribution in [2.75, 3.05) is 23.7 Å². The molecule has 11 heteroatoms. The number of halogens is 3. The number of amides is 2. The number of carbonyl (C=O) groups excluding carboxylic acids is 2. The van der Waals surface area contributed by atoms with Gasteiger partial charge in [0.05, 0.1) is 22.0 Å². The minimum absolute atomic E-state index is 0.00318. The second-order valence-electron chi connectivity index (χ2n) is 8.95. The van der Waals surface area contributed by atoms with Gasteiger partial charge in [-0.1, -0.05) is 96.3 Å². The molecule has 0 aliphatic carbocycles. The molecule has 39 heavy (non-hydrogen) atoms. The minimum Gasteiger partial charge on any atom is -0.354 e. The lowest BCUT2D eigenvalue weighted by atomic mass is 10.0. The molecule has 7 nitrogen and oxygen atoms in total. The van der Waals surface area contributed by atoms with Crippen molar-refractivity contribution in [3.8, 4) is 0 Å². The van der Waals surface area contributed by atoms with Crippen LogP contribution in [0.3, 0.4) is 0 Å². The summed E-state index contributed by atoms with van der Waals surface area (Å²) in [5.74, 6) is -0.961. The zero-order chi connectivity index (χ0) is 28.6. The molecule has 0 spiro atoms. The summed E-state index contributed by atoms with van der Waals surface area (Å²) in [6.07, 6.45) is 1.89. The van der Waals surface area contributed by atoms with Crippen LogP contribution in [0.4, 0.5) is 5.69 Å². The van der Waals surface area contributed by atoms with Crippen LogP contribution in [0.25, 0.3) is 0 Å². The molecule has 0 saturated carbocycles. The van der Waals surface area contributed by atoms with Crippen LogP contribution in [0.5, 0.6) is 0 Å². The third kappa shape index (κ3) is 8.35. The van der Waals surface area contributed by atoms with Crippen LogP contribution in [-0.2, 0) is 32.6 Å². The van der Waals surface area contributed by atoms with Gasteiger partial charge in [-0.05, 0) is 35.7 Å². The van der Waals surface area contributed by atoms with E-state index < -0.39 is 28.5 Å². The van der Waals surface area contributed by atoms with Gasteiger partial charge < -0.3 is 10.2 Å².